The van der Waals surface area contributed by atoms with E-state index in [9.17, 15) is 9.18 Å². The highest BCUT2D eigenvalue weighted by Gasteiger charge is 2.17. The van der Waals surface area contributed by atoms with E-state index < -0.39 is 5.82 Å². The van der Waals surface area contributed by atoms with Gasteiger partial charge in [-0.2, -0.15) is 0 Å². The molecule has 1 amide bonds. The highest BCUT2D eigenvalue weighted by atomic mass is 19.1. The van der Waals surface area contributed by atoms with Crippen molar-refractivity contribution in [1.82, 2.24) is 0 Å². The summed E-state index contributed by atoms with van der Waals surface area (Å²) in [5, 5.41) is 0. The molecule has 4 heteroatoms. The Morgan fingerprint density at radius 2 is 2.00 bits per heavy atom. The minimum Gasteiger partial charge on any atom is -0.399 e. The molecule has 0 aliphatic carbocycles. The zero-order valence-corrected chi connectivity index (χ0v) is 11.6. The Hall–Kier alpha value is -2.36. The SMILES string of the molecule is CCN(C(=O)c1cc(N)cc(F)c1)c1cccc(C)c1. The number of rotatable bonds is 3. The summed E-state index contributed by atoms with van der Waals surface area (Å²) in [7, 11) is 0. The Bertz CT molecular complexity index is 620. The van der Waals surface area contributed by atoms with Crippen LogP contribution in [-0.2, 0) is 0 Å². The van der Waals surface area contributed by atoms with Gasteiger partial charge in [0.15, 0.2) is 0 Å². The fraction of sp³-hybridized carbons (Fsp3) is 0.188. The molecule has 2 aromatic carbocycles. The quantitative estimate of drug-likeness (QED) is 0.871. The van der Waals surface area contributed by atoms with E-state index in [2.05, 4.69) is 0 Å². The third-order valence-corrected chi connectivity index (χ3v) is 3.04. The van der Waals surface area contributed by atoms with Gasteiger partial charge in [-0.25, -0.2) is 4.39 Å². The van der Waals surface area contributed by atoms with Gasteiger partial charge >= 0.3 is 0 Å². The number of hydrogen-bond donors (Lipinski definition) is 1. The summed E-state index contributed by atoms with van der Waals surface area (Å²) in [6, 6.07) is 11.5. The number of carbonyl (C=O) groups is 1. The molecular formula is C16H17FN2O. The molecule has 0 aromatic heterocycles. The number of anilines is 2. The van der Waals surface area contributed by atoms with Crippen molar-refractivity contribution in [3.63, 3.8) is 0 Å². The van der Waals surface area contributed by atoms with Gasteiger partial charge in [0.1, 0.15) is 5.82 Å². The van der Waals surface area contributed by atoms with Gasteiger partial charge in [-0.15, -0.1) is 0 Å². The molecule has 0 saturated heterocycles. The van der Waals surface area contributed by atoms with Crippen molar-refractivity contribution in [2.24, 2.45) is 0 Å². The van der Waals surface area contributed by atoms with Crippen molar-refractivity contribution in [1.29, 1.82) is 0 Å². The molecule has 0 spiro atoms. The van der Waals surface area contributed by atoms with Gasteiger partial charge in [-0.05, 0) is 49.7 Å². The number of nitrogens with zero attached hydrogens (tertiary/aromatic N) is 1. The summed E-state index contributed by atoms with van der Waals surface area (Å²) >= 11 is 0. The van der Waals surface area contributed by atoms with E-state index in [-0.39, 0.29) is 17.2 Å². The molecular weight excluding hydrogens is 255 g/mol. The molecule has 0 unspecified atom stereocenters. The molecule has 0 aliphatic heterocycles. The number of nitrogen functional groups attached to an aromatic ring is 1. The van der Waals surface area contributed by atoms with E-state index in [4.69, 9.17) is 5.73 Å². The highest BCUT2D eigenvalue weighted by molar-refractivity contribution is 6.06. The molecule has 2 rings (SSSR count). The molecule has 20 heavy (non-hydrogen) atoms. The van der Waals surface area contributed by atoms with Crippen LogP contribution in [0.4, 0.5) is 15.8 Å². The second kappa shape index (κ2) is 5.74. The number of halogens is 1. The van der Waals surface area contributed by atoms with Crippen LogP contribution in [0.3, 0.4) is 0 Å². The number of hydrogen-bond acceptors (Lipinski definition) is 2. The maximum atomic E-state index is 13.4. The van der Waals surface area contributed by atoms with Gasteiger partial charge in [0.2, 0.25) is 0 Å². The molecule has 0 radical (unpaired) electrons. The lowest BCUT2D eigenvalue weighted by atomic mass is 10.1. The fourth-order valence-electron chi connectivity index (χ4n) is 2.13. The van der Waals surface area contributed by atoms with Crippen LogP contribution in [0.1, 0.15) is 22.8 Å². The first-order chi connectivity index (χ1) is 9.51. The lowest BCUT2D eigenvalue weighted by molar-refractivity contribution is 0.0988. The van der Waals surface area contributed by atoms with Gasteiger partial charge < -0.3 is 10.6 Å². The topological polar surface area (TPSA) is 46.3 Å². The predicted molar refractivity (Wildman–Crippen MR) is 79.3 cm³/mol. The fourth-order valence-corrected chi connectivity index (χ4v) is 2.13. The maximum Gasteiger partial charge on any atom is 0.258 e. The number of nitrogens with two attached hydrogens (primary N) is 1. The minimum atomic E-state index is -0.506. The van der Waals surface area contributed by atoms with E-state index in [0.717, 1.165) is 11.3 Å². The molecule has 0 heterocycles. The zero-order chi connectivity index (χ0) is 14.7. The van der Waals surface area contributed by atoms with Crippen LogP contribution in [0.5, 0.6) is 0 Å². The average molecular weight is 272 g/mol. The van der Waals surface area contributed by atoms with Crippen molar-refractivity contribution in [3.05, 3.63) is 59.4 Å². The average Bonchev–Trinajstić information content (AvgIpc) is 2.38. The first-order valence-corrected chi connectivity index (χ1v) is 6.46. The van der Waals surface area contributed by atoms with Crippen LogP contribution in [0.2, 0.25) is 0 Å². The summed E-state index contributed by atoms with van der Waals surface area (Å²) < 4.78 is 13.4. The molecule has 104 valence electrons. The lowest BCUT2D eigenvalue weighted by Crippen LogP contribution is -2.30. The van der Waals surface area contributed by atoms with E-state index in [1.54, 1.807) is 4.90 Å². The lowest BCUT2D eigenvalue weighted by Gasteiger charge is -2.21. The van der Waals surface area contributed by atoms with Gasteiger partial charge in [0.25, 0.3) is 5.91 Å². The summed E-state index contributed by atoms with van der Waals surface area (Å²) in [4.78, 5) is 14.1. The smallest absolute Gasteiger partial charge is 0.258 e. The Morgan fingerprint density at radius 1 is 1.25 bits per heavy atom. The van der Waals surface area contributed by atoms with Gasteiger partial charge in [0, 0.05) is 23.5 Å². The largest absolute Gasteiger partial charge is 0.399 e. The second-order valence-corrected chi connectivity index (χ2v) is 4.66. The maximum absolute atomic E-state index is 13.4. The van der Waals surface area contributed by atoms with Crippen LogP contribution in [0, 0.1) is 12.7 Å². The van der Waals surface area contributed by atoms with Gasteiger partial charge in [0.05, 0.1) is 0 Å². The van der Waals surface area contributed by atoms with E-state index in [0.29, 0.717) is 6.54 Å². The van der Waals surface area contributed by atoms with Crippen molar-refractivity contribution < 1.29 is 9.18 Å². The Kier molecular flexibility index (Phi) is 4.03. The van der Waals surface area contributed by atoms with E-state index in [1.165, 1.54) is 18.2 Å². The van der Waals surface area contributed by atoms with Crippen molar-refractivity contribution in [3.8, 4) is 0 Å². The van der Waals surface area contributed by atoms with Crippen molar-refractivity contribution >= 4 is 17.3 Å². The molecule has 0 saturated carbocycles. The standard InChI is InChI=1S/C16H17FN2O/c1-3-19(15-6-4-5-11(2)7-15)16(20)12-8-13(17)10-14(18)9-12/h4-10H,3,18H2,1-2H3. The minimum absolute atomic E-state index is 0.244. The molecule has 0 bridgehead atoms. The Morgan fingerprint density at radius 3 is 2.60 bits per heavy atom. The van der Waals surface area contributed by atoms with Crippen LogP contribution >= 0.6 is 0 Å². The first-order valence-electron chi connectivity index (χ1n) is 6.46. The second-order valence-electron chi connectivity index (χ2n) is 4.66. The molecule has 2 aromatic rings. The summed E-state index contributed by atoms with van der Waals surface area (Å²) in [6.45, 7) is 4.34. The monoisotopic (exact) mass is 272 g/mol. The van der Waals surface area contributed by atoms with Gasteiger partial charge in [-0.1, -0.05) is 12.1 Å². The molecule has 3 nitrogen and oxygen atoms in total. The molecule has 0 atom stereocenters. The first kappa shape index (κ1) is 14.1. The van der Waals surface area contributed by atoms with E-state index in [1.807, 2.05) is 38.1 Å². The van der Waals surface area contributed by atoms with Crippen LogP contribution in [0.15, 0.2) is 42.5 Å². The van der Waals surface area contributed by atoms with Crippen LogP contribution in [-0.4, -0.2) is 12.5 Å². The molecule has 0 fully saturated rings. The number of amides is 1. The van der Waals surface area contributed by atoms with E-state index >= 15 is 0 Å². The van der Waals surface area contributed by atoms with Crippen molar-refractivity contribution in [2.45, 2.75) is 13.8 Å². The Balaban J connectivity index is 2.38. The summed E-state index contributed by atoms with van der Waals surface area (Å²) in [5.74, 6) is -0.766. The third-order valence-electron chi connectivity index (χ3n) is 3.04. The summed E-state index contributed by atoms with van der Waals surface area (Å²) in [6.07, 6.45) is 0. The number of carbonyl (C=O) groups excluding carboxylic acids is 1. The van der Waals surface area contributed by atoms with Crippen LogP contribution in [0.25, 0.3) is 0 Å². The zero-order valence-electron chi connectivity index (χ0n) is 11.6. The highest BCUT2D eigenvalue weighted by Crippen LogP contribution is 2.20. The number of benzene rings is 2. The van der Waals surface area contributed by atoms with Gasteiger partial charge in [-0.3, -0.25) is 4.79 Å². The molecule has 2 N–H and O–H groups in total. The molecule has 0 aliphatic rings. The van der Waals surface area contributed by atoms with Crippen molar-refractivity contribution in [2.75, 3.05) is 17.2 Å². The Labute approximate surface area is 117 Å². The normalized spacial score (nSPS) is 10.3. The predicted octanol–water partition coefficient (Wildman–Crippen LogP) is 3.38. The summed E-state index contributed by atoms with van der Waals surface area (Å²) in [5.41, 5.74) is 7.94. The van der Waals surface area contributed by atoms with Crippen LogP contribution < -0.4 is 10.6 Å². The third kappa shape index (κ3) is 2.96. The number of aryl methyl sites for hydroxylation is 1.